The first-order valence-electron chi connectivity index (χ1n) is 8.46. The number of fused-ring (bicyclic) bond motifs is 2. The average Bonchev–Trinajstić information content (AvgIpc) is 3.21. The zero-order valence-corrected chi connectivity index (χ0v) is 15.5. The highest BCUT2D eigenvalue weighted by Crippen LogP contribution is 2.47. The van der Waals surface area contributed by atoms with Crippen molar-refractivity contribution in [2.75, 3.05) is 0 Å². The molecule has 2 aromatic heterocycles. The van der Waals surface area contributed by atoms with Crippen LogP contribution in [-0.2, 0) is 16.1 Å². The van der Waals surface area contributed by atoms with Gasteiger partial charge in [-0.05, 0) is 6.92 Å². The molecule has 27 heavy (non-hydrogen) atoms. The van der Waals surface area contributed by atoms with Crippen LogP contribution in [0.1, 0.15) is 19.5 Å². The van der Waals surface area contributed by atoms with E-state index >= 15 is 0 Å². The highest BCUT2D eigenvalue weighted by molar-refractivity contribution is 7.15. The summed E-state index contributed by atoms with van der Waals surface area (Å²) < 4.78 is 3.64. The number of β-lactam (4-membered cyclic amide) rings is 1. The molecule has 4 atom stereocenters. The third-order valence-corrected chi connectivity index (χ3v) is 6.31. The van der Waals surface area contributed by atoms with Crippen LogP contribution in [0.2, 0.25) is 0 Å². The lowest BCUT2D eigenvalue weighted by Crippen LogP contribution is -2.64. The first-order chi connectivity index (χ1) is 12.8. The summed E-state index contributed by atoms with van der Waals surface area (Å²) in [4.78, 5) is 26.2. The van der Waals surface area contributed by atoms with Crippen molar-refractivity contribution in [3.63, 3.8) is 0 Å². The van der Waals surface area contributed by atoms with Crippen LogP contribution in [0.15, 0.2) is 34.3 Å². The Morgan fingerprint density at radius 3 is 2.93 bits per heavy atom. The van der Waals surface area contributed by atoms with Crippen LogP contribution < -0.4 is 9.51 Å². The number of carboxylic acids is 1. The van der Waals surface area contributed by atoms with E-state index in [2.05, 4.69) is 5.16 Å². The van der Waals surface area contributed by atoms with E-state index < -0.39 is 18.0 Å². The van der Waals surface area contributed by atoms with Crippen molar-refractivity contribution in [3.8, 4) is 0 Å². The number of hydrogen-bond acceptors (Lipinski definition) is 7. The van der Waals surface area contributed by atoms with Gasteiger partial charge < -0.3 is 25.1 Å². The van der Waals surface area contributed by atoms with Gasteiger partial charge in [0.25, 0.3) is 6.33 Å². The zero-order chi connectivity index (χ0) is 19.5. The maximum Gasteiger partial charge on any atom is 0.250 e. The topological polar surface area (TPSA) is 122 Å². The van der Waals surface area contributed by atoms with E-state index in [1.165, 1.54) is 22.5 Å². The third kappa shape index (κ3) is 2.47. The molecule has 0 unspecified atom stereocenters. The molecule has 0 spiro atoms. The summed E-state index contributed by atoms with van der Waals surface area (Å²) in [7, 11) is 0. The molecule has 2 aromatic rings. The first kappa shape index (κ1) is 17.7. The summed E-state index contributed by atoms with van der Waals surface area (Å²) in [5.74, 6) is -2.56. The maximum absolute atomic E-state index is 12.4. The quantitative estimate of drug-likeness (QED) is 0.222. The van der Waals surface area contributed by atoms with E-state index in [0.29, 0.717) is 11.3 Å². The van der Waals surface area contributed by atoms with E-state index in [-0.39, 0.29) is 30.1 Å². The van der Waals surface area contributed by atoms with Gasteiger partial charge in [0.15, 0.2) is 5.69 Å². The normalized spacial score (nSPS) is 26.1. The minimum Gasteiger partial charge on any atom is -0.543 e. The smallest absolute Gasteiger partial charge is 0.250 e. The van der Waals surface area contributed by atoms with Crippen LogP contribution in [0.25, 0.3) is 4.83 Å². The Morgan fingerprint density at radius 1 is 1.56 bits per heavy atom. The molecule has 10 heteroatoms. The van der Waals surface area contributed by atoms with E-state index in [9.17, 15) is 19.8 Å². The minimum absolute atomic E-state index is 0.0893. The fourth-order valence-electron chi connectivity index (χ4n) is 4.18. The summed E-state index contributed by atoms with van der Waals surface area (Å²) in [6, 6.07) is -0.359. The number of aromatic nitrogens is 2. The van der Waals surface area contributed by atoms with Gasteiger partial charge in [-0.1, -0.05) is 23.4 Å². The molecule has 9 nitrogen and oxygen atoms in total. The molecule has 0 aliphatic carbocycles. The van der Waals surface area contributed by atoms with Gasteiger partial charge in [-0.2, -0.15) is 4.40 Å². The van der Waals surface area contributed by atoms with Gasteiger partial charge in [-0.3, -0.25) is 4.79 Å². The minimum atomic E-state index is -1.38. The molecule has 2 aliphatic heterocycles. The molecule has 0 radical (unpaired) electrons. The van der Waals surface area contributed by atoms with Crippen LogP contribution in [0.3, 0.4) is 0 Å². The number of thiazole rings is 1. The van der Waals surface area contributed by atoms with Crippen molar-refractivity contribution >= 4 is 34.3 Å². The van der Waals surface area contributed by atoms with Crippen molar-refractivity contribution in [1.29, 1.82) is 0 Å². The molecule has 4 heterocycles. The first-order valence-corrected chi connectivity index (χ1v) is 9.34. The molecule has 1 fully saturated rings. The van der Waals surface area contributed by atoms with Crippen molar-refractivity contribution in [2.45, 2.75) is 32.5 Å². The van der Waals surface area contributed by atoms with Gasteiger partial charge in [-0.25, -0.2) is 4.57 Å². The molecule has 0 bridgehead atoms. The second kappa shape index (κ2) is 6.17. The molecular formula is C17H18N4O5S. The number of hydrogen-bond donors (Lipinski definition) is 2. The summed E-state index contributed by atoms with van der Waals surface area (Å²) in [5.41, 5.74) is 1.20. The average molecular weight is 390 g/mol. The molecule has 1 saturated heterocycles. The number of aliphatic hydroxyl groups is 1. The van der Waals surface area contributed by atoms with E-state index in [4.69, 9.17) is 5.21 Å². The Balaban J connectivity index is 1.70. The lowest BCUT2D eigenvalue weighted by Gasteiger charge is -2.47. The Kier molecular flexibility index (Phi) is 4.04. The number of amides is 1. The van der Waals surface area contributed by atoms with Crippen molar-refractivity contribution in [1.82, 2.24) is 9.47 Å². The Bertz CT molecular complexity index is 1000. The highest BCUT2D eigenvalue weighted by atomic mass is 32.1. The molecule has 142 valence electrons. The Labute approximate surface area is 158 Å². The molecule has 0 aromatic carbocycles. The van der Waals surface area contributed by atoms with Gasteiger partial charge in [0, 0.05) is 16.9 Å². The molecule has 1 amide bonds. The van der Waals surface area contributed by atoms with Crippen LogP contribution in [0, 0.1) is 11.8 Å². The van der Waals surface area contributed by atoms with Crippen LogP contribution in [0.4, 0.5) is 0 Å². The summed E-state index contributed by atoms with van der Waals surface area (Å²) in [6.45, 7) is 3.69. The SMILES string of the molecule is C[C@@H](O)[C@H]1C(=O)N2C(C(=O)[O-])=C(Cn3cc4scc(C=NO)[n+]4c3)[C@H](C)[C@H]12. The zero-order valence-electron chi connectivity index (χ0n) is 14.6. The number of carboxylic acid groups (broad SMARTS) is 1. The fraction of sp³-hybridized carbons (Fsp3) is 0.412. The van der Waals surface area contributed by atoms with Gasteiger partial charge in [0.05, 0.1) is 29.7 Å². The monoisotopic (exact) mass is 390 g/mol. The largest absolute Gasteiger partial charge is 0.543 e. The standard InChI is InChI=1S/C17H18N4O5S/c1-8-11(4-19-5-12-20(7-19)10(3-18-26)6-27-12)15(17(24)25)21-14(8)13(9(2)22)16(21)23/h3,5-9,13-14,22H,4H2,1-2H3,(H-,24,25,26)/t8-,9+,13+,14+/m0/s1. The lowest BCUT2D eigenvalue weighted by molar-refractivity contribution is -0.509. The molecule has 4 rings (SSSR count). The Morgan fingerprint density at radius 2 is 2.30 bits per heavy atom. The summed E-state index contributed by atoms with van der Waals surface area (Å²) in [5, 5.41) is 35.2. The second-order valence-corrected chi connectivity index (χ2v) is 7.84. The maximum atomic E-state index is 12.4. The van der Waals surface area contributed by atoms with Gasteiger partial charge in [0.1, 0.15) is 19.0 Å². The van der Waals surface area contributed by atoms with Crippen LogP contribution in [0.5, 0.6) is 0 Å². The number of nitrogens with zero attached hydrogens (tertiary/aromatic N) is 4. The predicted octanol–water partition coefficient (Wildman–Crippen LogP) is -1.04. The van der Waals surface area contributed by atoms with E-state index in [1.807, 2.05) is 27.5 Å². The van der Waals surface area contributed by atoms with Crippen LogP contribution in [-0.4, -0.2) is 50.0 Å². The second-order valence-electron chi connectivity index (χ2n) is 6.95. The van der Waals surface area contributed by atoms with Crippen molar-refractivity contribution in [3.05, 3.63) is 34.9 Å². The number of aliphatic carboxylic acids is 1. The number of carbonyl (C=O) groups is 2. The van der Waals surface area contributed by atoms with E-state index in [0.717, 1.165) is 4.83 Å². The molecule has 0 saturated carbocycles. The highest BCUT2D eigenvalue weighted by Gasteiger charge is 2.58. The Hall–Kier alpha value is -2.72. The predicted molar refractivity (Wildman–Crippen MR) is 91.9 cm³/mol. The number of aliphatic hydroxyl groups excluding tert-OH is 1. The van der Waals surface area contributed by atoms with Crippen molar-refractivity contribution in [2.24, 2.45) is 17.0 Å². The number of oxime groups is 1. The van der Waals surface area contributed by atoms with Gasteiger partial charge in [0.2, 0.25) is 10.7 Å². The summed E-state index contributed by atoms with van der Waals surface area (Å²) in [6.07, 6.45) is 4.11. The molecule has 2 N–H and O–H groups in total. The fourth-order valence-corrected chi connectivity index (χ4v) is 5.06. The summed E-state index contributed by atoms with van der Waals surface area (Å²) >= 11 is 1.46. The molecular weight excluding hydrogens is 372 g/mol. The van der Waals surface area contributed by atoms with E-state index in [1.54, 1.807) is 13.3 Å². The molecule has 2 aliphatic rings. The number of carbonyl (C=O) groups excluding carboxylic acids is 2. The van der Waals surface area contributed by atoms with Gasteiger partial charge in [-0.15, -0.1) is 0 Å². The third-order valence-electron chi connectivity index (χ3n) is 5.41. The number of imidazole rings is 1. The number of rotatable bonds is 5. The van der Waals surface area contributed by atoms with Crippen LogP contribution >= 0.6 is 11.3 Å². The lowest BCUT2D eigenvalue weighted by atomic mass is 9.78. The van der Waals surface area contributed by atoms with Gasteiger partial charge >= 0.3 is 0 Å². The van der Waals surface area contributed by atoms with Crippen molar-refractivity contribution < 1.29 is 29.4 Å².